The smallest absolute Gasteiger partial charge is 0.280 e. The topological polar surface area (TPSA) is 104 Å². The molecule has 2 N–H and O–H groups in total. The largest absolute Gasteiger partial charge is 0.325 e. The molecule has 4 rings (SSSR count). The minimum Gasteiger partial charge on any atom is -0.325 e. The Hall–Kier alpha value is -1.96. The lowest BCUT2D eigenvalue weighted by Crippen LogP contribution is -2.55. The van der Waals surface area contributed by atoms with Gasteiger partial charge in [-0.25, -0.2) is 9.37 Å². The lowest BCUT2D eigenvalue weighted by Gasteiger charge is -2.35. The molecule has 1 amide bonds. The molecule has 8 nitrogen and oxygen atoms in total. The van der Waals surface area contributed by atoms with Gasteiger partial charge >= 0.3 is 0 Å². The van der Waals surface area contributed by atoms with E-state index >= 15 is 0 Å². The van der Waals surface area contributed by atoms with Crippen molar-refractivity contribution in [1.82, 2.24) is 19.0 Å². The number of nitrogens with one attached hydrogen (secondary N) is 2. The van der Waals surface area contributed by atoms with Gasteiger partial charge in [0.15, 0.2) is 0 Å². The summed E-state index contributed by atoms with van der Waals surface area (Å²) >= 11 is 8.55. The van der Waals surface area contributed by atoms with E-state index in [0.717, 1.165) is 20.1 Å². The number of nitrogens with zero attached hydrogens (tertiary/aromatic N) is 3. The number of hydrogen-bond acceptors (Lipinski definition) is 7. The number of rotatable bonds is 4. The first-order valence-corrected chi connectivity index (χ1v) is 12.1. The highest BCUT2D eigenvalue weighted by Crippen LogP contribution is 2.35. The third-order valence-electron chi connectivity index (χ3n) is 4.55. The van der Waals surface area contributed by atoms with E-state index in [0.29, 0.717) is 5.01 Å². The van der Waals surface area contributed by atoms with E-state index in [2.05, 4.69) is 20.0 Å². The summed E-state index contributed by atoms with van der Waals surface area (Å²) in [4.78, 5) is 23.0. The Morgan fingerprint density at radius 1 is 1.37 bits per heavy atom. The monoisotopic (exact) mass is 487 g/mol. The molecule has 0 spiro atoms. The number of amides is 1. The number of hydrogen-bond donors (Lipinski definition) is 2. The molecule has 0 radical (unpaired) electrons. The molecular formula is C17H15ClFN5O3S3. The maximum Gasteiger partial charge on any atom is 0.280 e. The lowest BCUT2D eigenvalue weighted by atomic mass is 10.1. The zero-order chi connectivity index (χ0) is 21.5. The molecular weight excluding hydrogens is 473 g/mol. The first-order valence-electron chi connectivity index (χ1n) is 8.60. The van der Waals surface area contributed by atoms with Gasteiger partial charge in [0.25, 0.3) is 10.2 Å². The van der Waals surface area contributed by atoms with Crippen LogP contribution in [0.2, 0.25) is 5.02 Å². The maximum atomic E-state index is 13.3. The number of thiazole rings is 2. The van der Waals surface area contributed by atoms with Crippen molar-refractivity contribution in [1.29, 1.82) is 0 Å². The molecule has 30 heavy (non-hydrogen) atoms. The van der Waals surface area contributed by atoms with E-state index in [1.165, 1.54) is 41.9 Å². The zero-order valence-corrected chi connectivity index (χ0v) is 18.6. The molecule has 0 saturated carbocycles. The fourth-order valence-corrected chi connectivity index (χ4v) is 6.16. The minimum atomic E-state index is -3.91. The van der Waals surface area contributed by atoms with Crippen LogP contribution in [0.15, 0.2) is 36.1 Å². The second kappa shape index (κ2) is 8.29. The first-order chi connectivity index (χ1) is 14.2. The third-order valence-corrected chi connectivity index (χ3v) is 8.52. The SMILES string of the molecule is CN1[C@@H](C(=O)Nc2ccc(F)c(Cl)c2)C[C@@H](c2ncc(-c3cncs3)s2)NS1(=O)=O. The Morgan fingerprint density at radius 2 is 2.17 bits per heavy atom. The third kappa shape index (κ3) is 4.24. The van der Waals surface area contributed by atoms with Crippen LogP contribution in [0.4, 0.5) is 10.1 Å². The van der Waals surface area contributed by atoms with Crippen LogP contribution in [0.5, 0.6) is 0 Å². The molecule has 13 heteroatoms. The molecule has 158 valence electrons. The molecule has 2 atom stereocenters. The summed E-state index contributed by atoms with van der Waals surface area (Å²) in [6.07, 6.45) is 3.55. The summed E-state index contributed by atoms with van der Waals surface area (Å²) < 4.78 is 42.1. The molecule has 3 aromatic rings. The van der Waals surface area contributed by atoms with Crippen molar-refractivity contribution in [2.24, 2.45) is 0 Å². The molecule has 0 unspecified atom stereocenters. The highest BCUT2D eigenvalue weighted by Gasteiger charge is 2.41. The molecule has 1 saturated heterocycles. The van der Waals surface area contributed by atoms with E-state index in [4.69, 9.17) is 11.6 Å². The second-order valence-corrected chi connectivity index (χ2v) is 10.6. The van der Waals surface area contributed by atoms with Gasteiger partial charge < -0.3 is 5.32 Å². The van der Waals surface area contributed by atoms with Crippen LogP contribution in [0.25, 0.3) is 9.75 Å². The van der Waals surface area contributed by atoms with Crippen molar-refractivity contribution < 1.29 is 17.6 Å². The fraction of sp³-hybridized carbons (Fsp3) is 0.235. The van der Waals surface area contributed by atoms with Gasteiger partial charge in [0.2, 0.25) is 5.91 Å². The number of aromatic nitrogens is 2. The van der Waals surface area contributed by atoms with Gasteiger partial charge in [0.1, 0.15) is 16.9 Å². The average Bonchev–Trinajstić information content (AvgIpc) is 3.38. The highest BCUT2D eigenvalue weighted by atomic mass is 35.5. The summed E-state index contributed by atoms with van der Waals surface area (Å²) in [6.45, 7) is 0. The Kier molecular flexibility index (Phi) is 5.88. The second-order valence-electron chi connectivity index (χ2n) is 6.49. The summed E-state index contributed by atoms with van der Waals surface area (Å²) in [5.74, 6) is -1.16. The summed E-state index contributed by atoms with van der Waals surface area (Å²) in [5.41, 5.74) is 1.98. The number of halogens is 2. The molecule has 0 aliphatic carbocycles. The van der Waals surface area contributed by atoms with Crippen LogP contribution in [0.3, 0.4) is 0 Å². The number of carbonyl (C=O) groups is 1. The van der Waals surface area contributed by atoms with Gasteiger partial charge in [-0.05, 0) is 24.6 Å². The van der Waals surface area contributed by atoms with Gasteiger partial charge in [0.05, 0.1) is 26.3 Å². The summed E-state index contributed by atoms with van der Waals surface area (Å²) in [6, 6.07) is 2.10. The number of benzene rings is 1. The number of anilines is 1. The molecule has 3 heterocycles. The van der Waals surface area contributed by atoms with Crippen LogP contribution in [0.1, 0.15) is 17.5 Å². The van der Waals surface area contributed by atoms with Crippen LogP contribution in [-0.2, 0) is 15.0 Å². The van der Waals surface area contributed by atoms with Crippen LogP contribution in [-0.4, -0.2) is 41.7 Å². The molecule has 1 aromatic carbocycles. The standard InChI is InChI=1S/C17H15ClFN5O3S3/c1-24-13(16(25)22-9-2-3-11(19)10(18)4-9)5-12(23-30(24,26)27)17-21-7-15(29-17)14-6-20-8-28-14/h2-4,6-8,12-13,23H,5H2,1H3,(H,22,25)/t12-,13+/m0/s1. The lowest BCUT2D eigenvalue weighted by molar-refractivity contribution is -0.120. The van der Waals surface area contributed by atoms with E-state index in [-0.39, 0.29) is 17.1 Å². The summed E-state index contributed by atoms with van der Waals surface area (Å²) in [7, 11) is -2.59. The van der Waals surface area contributed by atoms with Gasteiger partial charge in [0, 0.05) is 25.1 Å². The Bertz CT molecular complexity index is 1190. The van der Waals surface area contributed by atoms with E-state index in [9.17, 15) is 17.6 Å². The normalized spacial score (nSPS) is 21.4. The van der Waals surface area contributed by atoms with Crippen LogP contribution < -0.4 is 10.0 Å². The molecule has 1 aliphatic heterocycles. The summed E-state index contributed by atoms with van der Waals surface area (Å²) in [5, 5.41) is 3.01. The van der Waals surface area contributed by atoms with Crippen LogP contribution >= 0.6 is 34.3 Å². The van der Waals surface area contributed by atoms with E-state index in [1.54, 1.807) is 17.9 Å². The van der Waals surface area contributed by atoms with Crippen molar-refractivity contribution in [3.8, 4) is 9.75 Å². The van der Waals surface area contributed by atoms with Crippen molar-refractivity contribution in [3.05, 3.63) is 52.0 Å². The molecule has 1 aliphatic rings. The van der Waals surface area contributed by atoms with Crippen molar-refractivity contribution >= 4 is 56.1 Å². The van der Waals surface area contributed by atoms with Gasteiger partial charge in [-0.2, -0.15) is 17.4 Å². The highest BCUT2D eigenvalue weighted by molar-refractivity contribution is 7.87. The maximum absolute atomic E-state index is 13.3. The molecule has 0 bridgehead atoms. The number of carbonyl (C=O) groups excluding carboxylic acids is 1. The molecule has 1 fully saturated rings. The van der Waals surface area contributed by atoms with Gasteiger partial charge in [-0.1, -0.05) is 11.6 Å². The first kappa shape index (κ1) is 21.3. The minimum absolute atomic E-state index is 0.143. The number of likely N-dealkylation sites (N-methyl/N-ethyl adjacent to an activating group) is 1. The van der Waals surface area contributed by atoms with E-state index in [1.807, 2.05) is 0 Å². The Morgan fingerprint density at radius 3 is 2.87 bits per heavy atom. The predicted octanol–water partition coefficient (Wildman–Crippen LogP) is 3.28. The van der Waals surface area contributed by atoms with Crippen molar-refractivity contribution in [2.75, 3.05) is 12.4 Å². The van der Waals surface area contributed by atoms with Gasteiger partial charge in [-0.15, -0.1) is 22.7 Å². The predicted molar refractivity (Wildman–Crippen MR) is 114 cm³/mol. The molecule has 2 aromatic heterocycles. The van der Waals surface area contributed by atoms with E-state index < -0.39 is 34.0 Å². The zero-order valence-electron chi connectivity index (χ0n) is 15.4. The average molecular weight is 488 g/mol. The Labute approximate surface area is 184 Å². The Balaban J connectivity index is 1.57. The quantitative estimate of drug-likeness (QED) is 0.587. The van der Waals surface area contributed by atoms with Crippen molar-refractivity contribution in [2.45, 2.75) is 18.5 Å². The van der Waals surface area contributed by atoms with Gasteiger partial charge in [-0.3, -0.25) is 9.78 Å². The van der Waals surface area contributed by atoms with Crippen LogP contribution in [0, 0.1) is 5.82 Å². The fourth-order valence-electron chi connectivity index (χ4n) is 2.97. The van der Waals surface area contributed by atoms with Crippen molar-refractivity contribution in [3.63, 3.8) is 0 Å².